The minimum absolute atomic E-state index is 0.461. The van der Waals surface area contributed by atoms with Crippen LogP contribution < -0.4 is 5.73 Å². The molecule has 0 amide bonds. The molecule has 1 aromatic heterocycles. The Morgan fingerprint density at radius 3 is 2.71 bits per heavy atom. The van der Waals surface area contributed by atoms with Crippen LogP contribution in [0.4, 0.5) is 0 Å². The minimum Gasteiger partial charge on any atom is -0.460 e. The molecule has 0 atom stereocenters. The molecule has 0 bridgehead atoms. The van der Waals surface area contributed by atoms with Gasteiger partial charge in [-0.1, -0.05) is 24.6 Å². The van der Waals surface area contributed by atoms with E-state index in [9.17, 15) is 0 Å². The van der Waals surface area contributed by atoms with Gasteiger partial charge in [0, 0.05) is 5.56 Å². The molecule has 1 aromatic carbocycles. The van der Waals surface area contributed by atoms with Crippen molar-refractivity contribution < 1.29 is 4.42 Å². The first-order valence-electron chi connectivity index (χ1n) is 6.26. The van der Waals surface area contributed by atoms with Gasteiger partial charge in [-0.15, -0.1) is 0 Å². The molecule has 1 aliphatic carbocycles. The first-order valence-corrected chi connectivity index (χ1v) is 6.26. The van der Waals surface area contributed by atoms with Crippen molar-refractivity contribution in [3.8, 4) is 11.3 Å². The van der Waals surface area contributed by atoms with Crippen LogP contribution >= 0.6 is 0 Å². The highest BCUT2D eigenvalue weighted by Gasteiger charge is 2.19. The van der Waals surface area contributed by atoms with Gasteiger partial charge in [-0.3, -0.25) is 0 Å². The molecule has 0 unspecified atom stereocenters. The van der Waals surface area contributed by atoms with E-state index in [1.54, 1.807) is 0 Å². The summed E-state index contributed by atoms with van der Waals surface area (Å²) in [5.74, 6) is 2.53. The van der Waals surface area contributed by atoms with Crippen LogP contribution in [0.25, 0.3) is 11.3 Å². The smallest absolute Gasteiger partial charge is 0.134 e. The second kappa shape index (κ2) is 4.38. The third-order valence-corrected chi connectivity index (χ3v) is 3.61. The lowest BCUT2D eigenvalue weighted by atomic mass is 9.79. The summed E-state index contributed by atoms with van der Waals surface area (Å²) in [6.45, 7) is 0.461. The Labute approximate surface area is 101 Å². The first-order chi connectivity index (χ1) is 8.36. The Morgan fingerprint density at radius 1 is 1.18 bits per heavy atom. The molecule has 2 nitrogen and oxygen atoms in total. The fourth-order valence-corrected chi connectivity index (χ4v) is 2.33. The first kappa shape index (κ1) is 10.6. The van der Waals surface area contributed by atoms with E-state index in [0.29, 0.717) is 6.54 Å². The van der Waals surface area contributed by atoms with Gasteiger partial charge < -0.3 is 10.2 Å². The molecule has 0 radical (unpaired) electrons. The van der Waals surface area contributed by atoms with Crippen molar-refractivity contribution in [3.05, 3.63) is 47.7 Å². The number of benzene rings is 1. The standard InChI is InChI=1S/C15H17NO/c16-10-14-7-8-15(17-14)13-6-2-5-12(9-13)11-3-1-4-11/h2,5-9,11H,1,3-4,10,16H2. The zero-order chi connectivity index (χ0) is 11.7. The lowest BCUT2D eigenvalue weighted by Crippen LogP contribution is -2.08. The third-order valence-electron chi connectivity index (χ3n) is 3.61. The van der Waals surface area contributed by atoms with Crippen LogP contribution in [0.15, 0.2) is 40.8 Å². The number of furan rings is 1. The summed E-state index contributed by atoms with van der Waals surface area (Å²) in [7, 11) is 0. The van der Waals surface area contributed by atoms with Crippen molar-refractivity contribution >= 4 is 0 Å². The van der Waals surface area contributed by atoms with Crippen LogP contribution in [-0.2, 0) is 6.54 Å². The van der Waals surface area contributed by atoms with E-state index in [-0.39, 0.29) is 0 Å². The molecule has 2 N–H and O–H groups in total. The average molecular weight is 227 g/mol. The van der Waals surface area contributed by atoms with E-state index in [4.69, 9.17) is 10.2 Å². The molecule has 1 heterocycles. The Morgan fingerprint density at radius 2 is 2.06 bits per heavy atom. The molecule has 2 heteroatoms. The normalized spacial score (nSPS) is 15.8. The van der Waals surface area contributed by atoms with Gasteiger partial charge >= 0.3 is 0 Å². The molecule has 3 rings (SSSR count). The summed E-state index contributed by atoms with van der Waals surface area (Å²) in [4.78, 5) is 0. The van der Waals surface area contributed by atoms with Crippen LogP contribution in [0.3, 0.4) is 0 Å². The van der Waals surface area contributed by atoms with E-state index >= 15 is 0 Å². The number of nitrogens with two attached hydrogens (primary N) is 1. The summed E-state index contributed by atoms with van der Waals surface area (Å²) in [5.41, 5.74) is 8.16. The SMILES string of the molecule is NCc1ccc(-c2cccc(C3CCC3)c2)o1. The maximum absolute atomic E-state index is 5.68. The van der Waals surface area contributed by atoms with Crippen molar-refractivity contribution in [2.75, 3.05) is 0 Å². The van der Waals surface area contributed by atoms with Gasteiger partial charge in [0.2, 0.25) is 0 Å². The van der Waals surface area contributed by atoms with Crippen molar-refractivity contribution in [2.24, 2.45) is 5.73 Å². The second-order valence-corrected chi connectivity index (χ2v) is 4.72. The van der Waals surface area contributed by atoms with E-state index in [2.05, 4.69) is 24.3 Å². The minimum atomic E-state index is 0.461. The van der Waals surface area contributed by atoms with Gasteiger partial charge in [0.1, 0.15) is 11.5 Å². The zero-order valence-corrected chi connectivity index (χ0v) is 9.86. The Kier molecular flexibility index (Phi) is 2.73. The van der Waals surface area contributed by atoms with Gasteiger partial charge in [0.05, 0.1) is 6.54 Å². The van der Waals surface area contributed by atoms with E-state index < -0.39 is 0 Å². The third kappa shape index (κ3) is 2.01. The number of rotatable bonds is 3. The van der Waals surface area contributed by atoms with Crippen molar-refractivity contribution in [2.45, 2.75) is 31.7 Å². The molecule has 0 spiro atoms. The van der Waals surface area contributed by atoms with Crippen molar-refractivity contribution in [1.82, 2.24) is 0 Å². The number of hydrogen-bond donors (Lipinski definition) is 1. The van der Waals surface area contributed by atoms with E-state index in [0.717, 1.165) is 23.0 Å². The molecule has 17 heavy (non-hydrogen) atoms. The molecule has 1 fully saturated rings. The van der Waals surface area contributed by atoms with Gasteiger partial charge in [-0.05, 0) is 42.5 Å². The number of hydrogen-bond acceptors (Lipinski definition) is 2. The predicted octanol–water partition coefficient (Wildman–Crippen LogP) is 3.67. The van der Waals surface area contributed by atoms with Crippen LogP contribution in [0, 0.1) is 0 Å². The fraction of sp³-hybridized carbons (Fsp3) is 0.333. The van der Waals surface area contributed by atoms with Gasteiger partial charge in [0.15, 0.2) is 0 Å². The van der Waals surface area contributed by atoms with Gasteiger partial charge in [-0.2, -0.15) is 0 Å². The fourth-order valence-electron chi connectivity index (χ4n) is 2.33. The summed E-state index contributed by atoms with van der Waals surface area (Å²) in [6, 6.07) is 12.6. The Bertz CT molecular complexity index is 511. The van der Waals surface area contributed by atoms with Crippen LogP contribution in [0.2, 0.25) is 0 Å². The van der Waals surface area contributed by atoms with E-state index in [1.165, 1.54) is 24.8 Å². The topological polar surface area (TPSA) is 39.2 Å². The molecule has 88 valence electrons. The maximum atomic E-state index is 5.68. The average Bonchev–Trinajstić information content (AvgIpc) is 2.75. The molecule has 1 saturated carbocycles. The lowest BCUT2D eigenvalue weighted by molar-refractivity contribution is 0.420. The highest BCUT2D eigenvalue weighted by Crippen LogP contribution is 2.37. The summed E-state index contributed by atoms with van der Waals surface area (Å²) < 4.78 is 5.68. The molecule has 1 aliphatic rings. The highest BCUT2D eigenvalue weighted by atomic mass is 16.3. The van der Waals surface area contributed by atoms with Crippen LogP contribution in [-0.4, -0.2) is 0 Å². The molecule has 2 aromatic rings. The molecular formula is C15H17NO. The summed E-state index contributed by atoms with van der Waals surface area (Å²) in [6.07, 6.45) is 4.03. The van der Waals surface area contributed by atoms with Crippen LogP contribution in [0.5, 0.6) is 0 Å². The molecule has 0 aliphatic heterocycles. The highest BCUT2D eigenvalue weighted by molar-refractivity contribution is 5.59. The van der Waals surface area contributed by atoms with Crippen LogP contribution in [0.1, 0.15) is 36.5 Å². The second-order valence-electron chi connectivity index (χ2n) is 4.72. The van der Waals surface area contributed by atoms with E-state index in [1.807, 2.05) is 12.1 Å². The monoisotopic (exact) mass is 227 g/mol. The lowest BCUT2D eigenvalue weighted by Gasteiger charge is -2.25. The predicted molar refractivity (Wildman–Crippen MR) is 68.6 cm³/mol. The largest absolute Gasteiger partial charge is 0.460 e. The molecule has 0 saturated heterocycles. The Balaban J connectivity index is 1.91. The summed E-state index contributed by atoms with van der Waals surface area (Å²) in [5, 5.41) is 0. The quantitative estimate of drug-likeness (QED) is 0.868. The maximum Gasteiger partial charge on any atom is 0.134 e. The molecular weight excluding hydrogens is 210 g/mol. The van der Waals surface area contributed by atoms with Gasteiger partial charge in [0.25, 0.3) is 0 Å². The Hall–Kier alpha value is -1.54. The van der Waals surface area contributed by atoms with Crippen molar-refractivity contribution in [3.63, 3.8) is 0 Å². The zero-order valence-electron chi connectivity index (χ0n) is 9.86. The summed E-state index contributed by atoms with van der Waals surface area (Å²) >= 11 is 0. The van der Waals surface area contributed by atoms with Gasteiger partial charge in [-0.25, -0.2) is 0 Å². The van der Waals surface area contributed by atoms with Crippen molar-refractivity contribution in [1.29, 1.82) is 0 Å².